The minimum atomic E-state index is 0.561. The standard InChI is InChI=1S/C12H16N2O/c13-12-5-4-11(8-10(12)9-15)14-6-2-1-3-7-14/h4-5,8-9H,1-3,6-7,13H2. The number of hydrogen-bond acceptors (Lipinski definition) is 3. The fraction of sp³-hybridized carbons (Fsp3) is 0.417. The molecule has 0 atom stereocenters. The van der Waals surface area contributed by atoms with Crippen molar-refractivity contribution in [1.82, 2.24) is 0 Å². The number of aldehydes is 1. The highest BCUT2D eigenvalue weighted by Gasteiger charge is 2.11. The van der Waals surface area contributed by atoms with Gasteiger partial charge >= 0.3 is 0 Å². The number of hydrogen-bond donors (Lipinski definition) is 1. The van der Waals surface area contributed by atoms with Crippen molar-refractivity contribution in [1.29, 1.82) is 0 Å². The van der Waals surface area contributed by atoms with Crippen molar-refractivity contribution in [2.75, 3.05) is 23.7 Å². The van der Waals surface area contributed by atoms with Gasteiger partial charge in [0.15, 0.2) is 6.29 Å². The summed E-state index contributed by atoms with van der Waals surface area (Å²) in [5.41, 5.74) is 7.95. The molecule has 0 unspecified atom stereocenters. The summed E-state index contributed by atoms with van der Waals surface area (Å²) in [5, 5.41) is 0. The average molecular weight is 204 g/mol. The van der Waals surface area contributed by atoms with E-state index in [1.54, 1.807) is 0 Å². The maximum absolute atomic E-state index is 10.8. The van der Waals surface area contributed by atoms with Crippen molar-refractivity contribution < 1.29 is 4.79 Å². The van der Waals surface area contributed by atoms with Gasteiger partial charge in [0.1, 0.15) is 0 Å². The summed E-state index contributed by atoms with van der Waals surface area (Å²) >= 11 is 0. The zero-order chi connectivity index (χ0) is 10.7. The Balaban J connectivity index is 2.23. The molecule has 1 fully saturated rings. The smallest absolute Gasteiger partial charge is 0.152 e. The summed E-state index contributed by atoms with van der Waals surface area (Å²) in [4.78, 5) is 13.1. The first-order chi connectivity index (χ1) is 7.31. The van der Waals surface area contributed by atoms with E-state index in [9.17, 15) is 4.79 Å². The number of benzene rings is 1. The number of carbonyl (C=O) groups excluding carboxylic acids is 1. The summed E-state index contributed by atoms with van der Waals surface area (Å²) < 4.78 is 0. The van der Waals surface area contributed by atoms with E-state index in [1.807, 2.05) is 18.2 Å². The van der Waals surface area contributed by atoms with Gasteiger partial charge in [-0.25, -0.2) is 0 Å². The Hall–Kier alpha value is -1.51. The molecule has 3 nitrogen and oxygen atoms in total. The van der Waals surface area contributed by atoms with Gasteiger partial charge in [0.2, 0.25) is 0 Å². The highest BCUT2D eigenvalue weighted by molar-refractivity contribution is 5.85. The third-order valence-electron chi connectivity index (χ3n) is 2.92. The van der Waals surface area contributed by atoms with E-state index < -0.39 is 0 Å². The normalized spacial score (nSPS) is 16.4. The van der Waals surface area contributed by atoms with Crippen molar-refractivity contribution in [3.63, 3.8) is 0 Å². The quantitative estimate of drug-likeness (QED) is 0.592. The topological polar surface area (TPSA) is 46.3 Å². The molecule has 2 N–H and O–H groups in total. The lowest BCUT2D eigenvalue weighted by Crippen LogP contribution is -2.29. The summed E-state index contributed by atoms with van der Waals surface area (Å²) in [7, 11) is 0. The van der Waals surface area contributed by atoms with Crippen molar-refractivity contribution in [2.45, 2.75) is 19.3 Å². The predicted molar refractivity (Wildman–Crippen MR) is 62.3 cm³/mol. The van der Waals surface area contributed by atoms with Crippen LogP contribution in [-0.4, -0.2) is 19.4 Å². The largest absolute Gasteiger partial charge is 0.398 e. The van der Waals surface area contributed by atoms with Gasteiger partial charge in [-0.15, -0.1) is 0 Å². The van der Waals surface area contributed by atoms with Gasteiger partial charge in [0.25, 0.3) is 0 Å². The SMILES string of the molecule is Nc1ccc(N2CCCCC2)cc1C=O. The second-order valence-corrected chi connectivity index (χ2v) is 3.98. The lowest BCUT2D eigenvalue weighted by atomic mass is 10.1. The summed E-state index contributed by atoms with van der Waals surface area (Å²) in [6.07, 6.45) is 4.61. The molecule has 0 bridgehead atoms. The number of anilines is 2. The van der Waals surface area contributed by atoms with E-state index in [4.69, 9.17) is 5.73 Å². The van der Waals surface area contributed by atoms with Gasteiger partial charge in [-0.05, 0) is 37.5 Å². The maximum atomic E-state index is 10.8. The second-order valence-electron chi connectivity index (χ2n) is 3.98. The van der Waals surface area contributed by atoms with Crippen molar-refractivity contribution in [3.05, 3.63) is 23.8 Å². The fourth-order valence-electron chi connectivity index (χ4n) is 2.01. The molecule has 1 aliphatic rings. The minimum absolute atomic E-state index is 0.561. The monoisotopic (exact) mass is 204 g/mol. The van der Waals surface area contributed by atoms with Crippen molar-refractivity contribution in [2.24, 2.45) is 0 Å². The predicted octanol–water partition coefficient (Wildman–Crippen LogP) is 2.07. The van der Waals surface area contributed by atoms with E-state index in [2.05, 4.69) is 4.90 Å². The first kappa shape index (κ1) is 10.0. The van der Waals surface area contributed by atoms with Crippen LogP contribution in [0.25, 0.3) is 0 Å². The van der Waals surface area contributed by atoms with Crippen LogP contribution in [0.3, 0.4) is 0 Å². The Labute approximate surface area is 89.9 Å². The molecule has 1 aromatic rings. The number of rotatable bonds is 2. The Kier molecular flexibility index (Phi) is 2.90. The first-order valence-corrected chi connectivity index (χ1v) is 5.41. The number of nitrogen functional groups attached to an aromatic ring is 1. The molecule has 0 radical (unpaired) electrons. The minimum Gasteiger partial charge on any atom is -0.398 e. The van der Waals surface area contributed by atoms with Gasteiger partial charge in [-0.3, -0.25) is 4.79 Å². The molecule has 0 aliphatic carbocycles. The molecule has 1 aromatic carbocycles. The van der Waals surface area contributed by atoms with Crippen LogP contribution in [0, 0.1) is 0 Å². The van der Waals surface area contributed by atoms with Gasteiger partial charge in [0.05, 0.1) is 0 Å². The molecule has 15 heavy (non-hydrogen) atoms. The molecule has 0 amide bonds. The molecular weight excluding hydrogens is 188 g/mol. The van der Waals surface area contributed by atoms with Crippen molar-refractivity contribution >= 4 is 17.7 Å². The molecular formula is C12H16N2O. The lowest BCUT2D eigenvalue weighted by molar-refractivity contribution is 0.112. The van der Waals surface area contributed by atoms with E-state index in [-0.39, 0.29) is 0 Å². The van der Waals surface area contributed by atoms with E-state index in [0.717, 1.165) is 25.1 Å². The number of nitrogens with two attached hydrogens (primary N) is 1. The molecule has 1 heterocycles. The second kappa shape index (κ2) is 4.34. The van der Waals surface area contributed by atoms with Gasteiger partial charge < -0.3 is 10.6 Å². The highest BCUT2D eigenvalue weighted by Crippen LogP contribution is 2.23. The number of carbonyl (C=O) groups is 1. The molecule has 1 saturated heterocycles. The Morgan fingerprint density at radius 1 is 1.20 bits per heavy atom. The zero-order valence-electron chi connectivity index (χ0n) is 8.78. The van der Waals surface area contributed by atoms with Crippen LogP contribution in [0.1, 0.15) is 29.6 Å². The maximum Gasteiger partial charge on any atom is 0.152 e. The van der Waals surface area contributed by atoms with Crippen LogP contribution in [-0.2, 0) is 0 Å². The average Bonchev–Trinajstić information content (AvgIpc) is 2.31. The molecule has 3 heteroatoms. The molecule has 0 spiro atoms. The Morgan fingerprint density at radius 3 is 2.60 bits per heavy atom. The van der Waals surface area contributed by atoms with Crippen LogP contribution >= 0.6 is 0 Å². The van der Waals surface area contributed by atoms with Crippen LogP contribution in [0.2, 0.25) is 0 Å². The van der Waals surface area contributed by atoms with Gasteiger partial charge in [0, 0.05) is 30.0 Å². The van der Waals surface area contributed by atoms with E-state index >= 15 is 0 Å². The van der Waals surface area contributed by atoms with Crippen molar-refractivity contribution in [3.8, 4) is 0 Å². The lowest BCUT2D eigenvalue weighted by Gasteiger charge is -2.29. The van der Waals surface area contributed by atoms with E-state index in [0.29, 0.717) is 11.3 Å². The zero-order valence-corrected chi connectivity index (χ0v) is 8.78. The van der Waals surface area contributed by atoms with Gasteiger partial charge in [-0.1, -0.05) is 0 Å². The van der Waals surface area contributed by atoms with Crippen LogP contribution in [0.4, 0.5) is 11.4 Å². The molecule has 1 aliphatic heterocycles. The third kappa shape index (κ3) is 2.12. The first-order valence-electron chi connectivity index (χ1n) is 5.41. The summed E-state index contributed by atoms with van der Waals surface area (Å²) in [6.45, 7) is 2.17. The molecule has 80 valence electrons. The Bertz CT molecular complexity index is 357. The fourth-order valence-corrected chi connectivity index (χ4v) is 2.01. The molecule has 2 rings (SSSR count). The number of piperidine rings is 1. The van der Waals surface area contributed by atoms with Gasteiger partial charge in [-0.2, -0.15) is 0 Å². The summed E-state index contributed by atoms with van der Waals surface area (Å²) in [6, 6.07) is 5.69. The number of nitrogens with zero attached hydrogens (tertiary/aromatic N) is 1. The molecule has 0 aromatic heterocycles. The van der Waals surface area contributed by atoms with Crippen LogP contribution < -0.4 is 10.6 Å². The van der Waals surface area contributed by atoms with Crippen LogP contribution in [0.15, 0.2) is 18.2 Å². The van der Waals surface area contributed by atoms with Crippen LogP contribution in [0.5, 0.6) is 0 Å². The van der Waals surface area contributed by atoms with E-state index in [1.165, 1.54) is 19.3 Å². The highest BCUT2D eigenvalue weighted by atomic mass is 16.1. The summed E-state index contributed by atoms with van der Waals surface area (Å²) in [5.74, 6) is 0. The molecule has 0 saturated carbocycles. The third-order valence-corrected chi connectivity index (χ3v) is 2.92. The Morgan fingerprint density at radius 2 is 1.93 bits per heavy atom.